The average Bonchev–Trinajstić information content (AvgIpc) is 2.60. The van der Waals surface area contributed by atoms with Gasteiger partial charge in [-0.3, -0.25) is 0 Å². The van der Waals surface area contributed by atoms with Crippen molar-refractivity contribution in [3.63, 3.8) is 0 Å². The first-order chi connectivity index (χ1) is 12.4. The van der Waals surface area contributed by atoms with Gasteiger partial charge < -0.3 is 0 Å². The molecule has 1 heterocycles. The summed E-state index contributed by atoms with van der Waals surface area (Å²) in [5.74, 6) is 0. The summed E-state index contributed by atoms with van der Waals surface area (Å²) in [6.07, 6.45) is 4.44. The molecule has 2 aliphatic rings. The highest BCUT2D eigenvalue weighted by Gasteiger charge is 2.46. The fourth-order valence-corrected chi connectivity index (χ4v) is 8.01. The molecular weight excluding hydrogens is 370 g/mol. The highest BCUT2D eigenvalue weighted by Crippen LogP contribution is 2.32. The van der Waals surface area contributed by atoms with Crippen LogP contribution < -0.4 is 0 Å². The molecule has 1 saturated carbocycles. The van der Waals surface area contributed by atoms with E-state index in [1.807, 2.05) is 24.3 Å². The first-order valence-corrected chi connectivity index (χ1v) is 12.2. The van der Waals surface area contributed by atoms with Crippen LogP contribution in [0.3, 0.4) is 0 Å². The summed E-state index contributed by atoms with van der Waals surface area (Å²) in [4.78, 5) is 0.227. The number of fused-ring (bicyclic) bond motifs is 1. The number of benzene rings is 2. The van der Waals surface area contributed by atoms with Gasteiger partial charge in [0.1, 0.15) is 0 Å². The summed E-state index contributed by atoms with van der Waals surface area (Å²) < 4.78 is 52.4. The van der Waals surface area contributed by atoms with Gasteiger partial charge in [0.25, 0.3) is 0 Å². The third-order valence-corrected chi connectivity index (χ3v) is 10.1. The van der Waals surface area contributed by atoms with Crippen LogP contribution in [0.5, 0.6) is 0 Å². The Kier molecular flexibility index (Phi) is 4.57. The van der Waals surface area contributed by atoms with Gasteiger partial charge in [-0.15, -0.1) is 0 Å². The van der Waals surface area contributed by atoms with Gasteiger partial charge in [-0.25, -0.2) is 16.8 Å². The number of sulfone groups is 1. The number of nitrogens with zero attached hydrogens (tertiary/aromatic N) is 1. The molecule has 0 spiro atoms. The summed E-state index contributed by atoms with van der Waals surface area (Å²) in [6, 6.07) is 12.6. The second kappa shape index (κ2) is 6.62. The van der Waals surface area contributed by atoms with E-state index in [1.54, 1.807) is 18.2 Å². The van der Waals surface area contributed by atoms with Crippen molar-refractivity contribution in [3.05, 3.63) is 42.5 Å². The van der Waals surface area contributed by atoms with Gasteiger partial charge in [-0.05, 0) is 35.7 Å². The van der Waals surface area contributed by atoms with Crippen LogP contribution in [0.15, 0.2) is 47.4 Å². The standard InChI is InChI=1S/C19H23NO4S2/c21-25(22,17-8-2-1-3-9-17)19-13-20(14-19)26(23,24)18-11-10-15-6-4-5-7-16(15)12-18/h4-7,10-12,17,19H,1-3,8-9,13-14H2. The minimum atomic E-state index is -3.65. The lowest BCUT2D eigenvalue weighted by Gasteiger charge is -2.39. The molecule has 0 bridgehead atoms. The summed E-state index contributed by atoms with van der Waals surface area (Å²) in [5, 5.41) is 1.00. The Hall–Kier alpha value is -1.44. The van der Waals surface area contributed by atoms with E-state index in [2.05, 4.69) is 0 Å². The van der Waals surface area contributed by atoms with Crippen molar-refractivity contribution >= 4 is 30.6 Å². The van der Waals surface area contributed by atoms with Crippen LogP contribution in [-0.4, -0.2) is 44.7 Å². The third-order valence-electron chi connectivity index (χ3n) is 5.65. The van der Waals surface area contributed by atoms with Crippen molar-refractivity contribution in [2.75, 3.05) is 13.1 Å². The molecule has 0 amide bonds. The maximum absolute atomic E-state index is 12.8. The maximum Gasteiger partial charge on any atom is 0.243 e. The Morgan fingerprint density at radius 2 is 1.42 bits per heavy atom. The van der Waals surface area contributed by atoms with Gasteiger partial charge >= 0.3 is 0 Å². The molecule has 1 saturated heterocycles. The van der Waals surface area contributed by atoms with E-state index in [4.69, 9.17) is 0 Å². The zero-order valence-corrected chi connectivity index (χ0v) is 16.2. The number of sulfonamides is 1. The largest absolute Gasteiger partial charge is 0.243 e. The second-order valence-electron chi connectivity index (χ2n) is 7.30. The minimum Gasteiger partial charge on any atom is -0.228 e. The predicted octanol–water partition coefficient (Wildman–Crippen LogP) is 2.96. The molecule has 140 valence electrons. The van der Waals surface area contributed by atoms with E-state index in [1.165, 1.54) is 4.31 Å². The van der Waals surface area contributed by atoms with Crippen LogP contribution in [0.25, 0.3) is 10.8 Å². The molecule has 0 aromatic heterocycles. The molecule has 1 aliphatic heterocycles. The monoisotopic (exact) mass is 393 g/mol. The van der Waals surface area contributed by atoms with Gasteiger partial charge in [0.05, 0.1) is 15.4 Å². The SMILES string of the molecule is O=S(=O)(C1CCCCC1)C1CN(S(=O)(=O)c2ccc3ccccc3c2)C1. The van der Waals surface area contributed by atoms with E-state index < -0.39 is 25.1 Å². The summed E-state index contributed by atoms with van der Waals surface area (Å²) in [6.45, 7) is 0.155. The minimum absolute atomic E-state index is 0.0774. The van der Waals surface area contributed by atoms with E-state index in [0.717, 1.165) is 42.9 Å². The molecule has 2 fully saturated rings. The van der Waals surface area contributed by atoms with Crippen molar-refractivity contribution in [2.24, 2.45) is 0 Å². The van der Waals surface area contributed by atoms with Gasteiger partial charge in [0, 0.05) is 13.1 Å². The second-order valence-corrected chi connectivity index (χ2v) is 11.8. The fourth-order valence-electron chi connectivity index (χ4n) is 3.95. The van der Waals surface area contributed by atoms with Crippen LogP contribution in [-0.2, 0) is 19.9 Å². The van der Waals surface area contributed by atoms with Gasteiger partial charge in [0.2, 0.25) is 10.0 Å². The molecule has 0 unspecified atom stereocenters. The Bertz CT molecular complexity index is 1020. The highest BCUT2D eigenvalue weighted by atomic mass is 32.2. The first-order valence-electron chi connectivity index (χ1n) is 9.11. The van der Waals surface area contributed by atoms with Crippen molar-refractivity contribution in [3.8, 4) is 0 Å². The van der Waals surface area contributed by atoms with E-state index in [-0.39, 0.29) is 23.2 Å². The molecular formula is C19H23NO4S2. The van der Waals surface area contributed by atoms with Gasteiger partial charge in [0.15, 0.2) is 9.84 Å². The van der Waals surface area contributed by atoms with Crippen molar-refractivity contribution in [1.82, 2.24) is 4.31 Å². The predicted molar refractivity (Wildman–Crippen MR) is 102 cm³/mol. The lowest BCUT2D eigenvalue weighted by Crippen LogP contribution is -2.58. The molecule has 0 N–H and O–H groups in total. The molecule has 26 heavy (non-hydrogen) atoms. The molecule has 5 nitrogen and oxygen atoms in total. The van der Waals surface area contributed by atoms with E-state index in [0.29, 0.717) is 0 Å². The zero-order valence-electron chi connectivity index (χ0n) is 14.5. The molecule has 2 aromatic carbocycles. The fraction of sp³-hybridized carbons (Fsp3) is 0.474. The van der Waals surface area contributed by atoms with E-state index in [9.17, 15) is 16.8 Å². The molecule has 4 rings (SSSR count). The first kappa shape index (κ1) is 17.9. The summed E-state index contributed by atoms with van der Waals surface area (Å²) in [7, 11) is -6.89. The number of rotatable bonds is 4. The summed E-state index contributed by atoms with van der Waals surface area (Å²) in [5.41, 5.74) is 0. The topological polar surface area (TPSA) is 71.5 Å². The lowest BCUT2D eigenvalue weighted by molar-refractivity contribution is 0.306. The lowest BCUT2D eigenvalue weighted by atomic mass is 10.0. The van der Waals surface area contributed by atoms with Crippen LogP contribution in [0.2, 0.25) is 0 Å². The van der Waals surface area contributed by atoms with Crippen molar-refractivity contribution < 1.29 is 16.8 Å². The van der Waals surface area contributed by atoms with Crippen LogP contribution in [0.1, 0.15) is 32.1 Å². The smallest absolute Gasteiger partial charge is 0.228 e. The Labute approximate surface area is 155 Å². The van der Waals surface area contributed by atoms with Gasteiger partial charge in [-0.2, -0.15) is 4.31 Å². The summed E-state index contributed by atoms with van der Waals surface area (Å²) >= 11 is 0. The molecule has 7 heteroatoms. The van der Waals surface area contributed by atoms with Crippen LogP contribution >= 0.6 is 0 Å². The zero-order chi connectivity index (χ0) is 18.4. The maximum atomic E-state index is 12.8. The molecule has 2 aromatic rings. The van der Waals surface area contributed by atoms with E-state index >= 15 is 0 Å². The number of hydrogen-bond donors (Lipinski definition) is 0. The van der Waals surface area contributed by atoms with Crippen LogP contribution in [0, 0.1) is 0 Å². The quantitative estimate of drug-likeness (QED) is 0.801. The molecule has 1 aliphatic carbocycles. The molecule has 0 atom stereocenters. The third kappa shape index (κ3) is 3.06. The van der Waals surface area contributed by atoms with Crippen LogP contribution in [0.4, 0.5) is 0 Å². The Morgan fingerprint density at radius 3 is 2.12 bits per heavy atom. The Morgan fingerprint density at radius 1 is 0.769 bits per heavy atom. The van der Waals surface area contributed by atoms with Crippen molar-refractivity contribution in [1.29, 1.82) is 0 Å². The average molecular weight is 394 g/mol. The molecule has 0 radical (unpaired) electrons. The normalized spacial score (nSPS) is 20.9. The Balaban J connectivity index is 1.51. The number of hydrogen-bond acceptors (Lipinski definition) is 4. The van der Waals surface area contributed by atoms with Gasteiger partial charge in [-0.1, -0.05) is 49.6 Å². The highest BCUT2D eigenvalue weighted by molar-refractivity contribution is 7.93. The van der Waals surface area contributed by atoms with Crippen molar-refractivity contribution in [2.45, 2.75) is 47.5 Å².